The van der Waals surface area contributed by atoms with Gasteiger partial charge in [0.15, 0.2) is 0 Å². The maximum atomic E-state index is 13.3. The third-order valence-corrected chi connectivity index (χ3v) is 8.60. The SMILES string of the molecule is CC#CCOc1ccc(S(=O)(=O)N2CCSC(CC)(CC)C2C(=O)NO)cc1. The Balaban J connectivity index is 2.38. The number of nitrogens with zero attached hydrogens (tertiary/aromatic N) is 1. The molecular weight excluding hydrogens is 400 g/mol. The van der Waals surface area contributed by atoms with Gasteiger partial charge in [-0.15, -0.1) is 5.92 Å². The second-order valence-corrected chi connectivity index (χ2v) is 9.70. The molecule has 1 atom stereocenters. The fourth-order valence-electron chi connectivity index (χ4n) is 3.37. The summed E-state index contributed by atoms with van der Waals surface area (Å²) in [5.74, 6) is 5.87. The third kappa shape index (κ3) is 4.46. The highest BCUT2D eigenvalue weighted by Crippen LogP contribution is 2.43. The van der Waals surface area contributed by atoms with Gasteiger partial charge in [-0.25, -0.2) is 13.9 Å². The summed E-state index contributed by atoms with van der Waals surface area (Å²) in [7, 11) is -3.93. The van der Waals surface area contributed by atoms with Crippen molar-refractivity contribution in [1.29, 1.82) is 0 Å². The van der Waals surface area contributed by atoms with Crippen molar-refractivity contribution < 1.29 is 23.2 Å². The Morgan fingerprint density at radius 1 is 1.36 bits per heavy atom. The molecule has 0 radical (unpaired) electrons. The van der Waals surface area contributed by atoms with E-state index < -0.39 is 26.7 Å². The van der Waals surface area contributed by atoms with Gasteiger partial charge in [-0.05, 0) is 44.0 Å². The molecule has 0 aliphatic carbocycles. The Hall–Kier alpha value is -1.73. The Morgan fingerprint density at radius 2 is 2.00 bits per heavy atom. The maximum Gasteiger partial charge on any atom is 0.263 e. The average Bonchev–Trinajstić information content (AvgIpc) is 2.73. The number of thioether (sulfide) groups is 1. The molecule has 1 aliphatic heterocycles. The van der Waals surface area contributed by atoms with Gasteiger partial charge in [0.25, 0.3) is 5.91 Å². The van der Waals surface area contributed by atoms with E-state index in [0.29, 0.717) is 24.3 Å². The smallest absolute Gasteiger partial charge is 0.263 e. The van der Waals surface area contributed by atoms with Crippen molar-refractivity contribution >= 4 is 27.7 Å². The molecule has 154 valence electrons. The van der Waals surface area contributed by atoms with E-state index in [1.165, 1.54) is 16.4 Å². The Bertz CT molecular complexity index is 839. The molecule has 1 aromatic carbocycles. The first-order valence-electron chi connectivity index (χ1n) is 9.08. The van der Waals surface area contributed by atoms with Crippen LogP contribution in [0.1, 0.15) is 33.6 Å². The number of benzene rings is 1. The molecule has 7 nitrogen and oxygen atoms in total. The molecule has 1 amide bonds. The van der Waals surface area contributed by atoms with Crippen LogP contribution in [0.3, 0.4) is 0 Å². The molecule has 1 aliphatic rings. The lowest BCUT2D eigenvalue weighted by atomic mass is 9.92. The van der Waals surface area contributed by atoms with Gasteiger partial charge in [-0.1, -0.05) is 19.8 Å². The monoisotopic (exact) mass is 426 g/mol. The van der Waals surface area contributed by atoms with Gasteiger partial charge < -0.3 is 4.74 Å². The highest BCUT2D eigenvalue weighted by molar-refractivity contribution is 8.01. The molecule has 2 rings (SSSR count). The molecule has 1 saturated heterocycles. The summed E-state index contributed by atoms with van der Waals surface area (Å²) >= 11 is 1.58. The van der Waals surface area contributed by atoms with E-state index in [4.69, 9.17) is 4.74 Å². The number of hydroxylamine groups is 1. The fraction of sp³-hybridized carbons (Fsp3) is 0.526. The predicted molar refractivity (Wildman–Crippen MR) is 109 cm³/mol. The average molecular weight is 427 g/mol. The molecule has 1 heterocycles. The first-order chi connectivity index (χ1) is 13.4. The number of nitrogens with one attached hydrogen (secondary N) is 1. The summed E-state index contributed by atoms with van der Waals surface area (Å²) in [6, 6.07) is 5.05. The lowest BCUT2D eigenvalue weighted by Crippen LogP contribution is -2.62. The minimum atomic E-state index is -3.93. The lowest BCUT2D eigenvalue weighted by molar-refractivity contribution is -0.134. The Labute approximate surface area is 170 Å². The van der Waals surface area contributed by atoms with Gasteiger partial charge in [0.1, 0.15) is 18.4 Å². The van der Waals surface area contributed by atoms with Crippen molar-refractivity contribution in [2.45, 2.75) is 49.3 Å². The van der Waals surface area contributed by atoms with Crippen LogP contribution in [-0.4, -0.2) is 53.5 Å². The quantitative estimate of drug-likeness (QED) is 0.394. The van der Waals surface area contributed by atoms with Crippen LogP contribution in [0.15, 0.2) is 29.2 Å². The van der Waals surface area contributed by atoms with Gasteiger partial charge in [-0.3, -0.25) is 10.0 Å². The summed E-state index contributed by atoms with van der Waals surface area (Å²) in [4.78, 5) is 12.6. The summed E-state index contributed by atoms with van der Waals surface area (Å²) in [6.07, 6.45) is 1.20. The number of ether oxygens (including phenoxy) is 1. The molecule has 0 spiro atoms. The van der Waals surface area contributed by atoms with Gasteiger partial charge in [-0.2, -0.15) is 16.1 Å². The lowest BCUT2D eigenvalue weighted by Gasteiger charge is -2.46. The molecule has 0 bridgehead atoms. The predicted octanol–water partition coefficient (Wildman–Crippen LogP) is 2.26. The highest BCUT2D eigenvalue weighted by Gasteiger charge is 2.51. The van der Waals surface area contributed by atoms with Crippen LogP contribution < -0.4 is 10.2 Å². The van der Waals surface area contributed by atoms with E-state index in [9.17, 15) is 18.4 Å². The highest BCUT2D eigenvalue weighted by atomic mass is 32.2. The van der Waals surface area contributed by atoms with Crippen molar-refractivity contribution in [3.63, 3.8) is 0 Å². The molecule has 1 fully saturated rings. The van der Waals surface area contributed by atoms with E-state index in [-0.39, 0.29) is 18.0 Å². The molecule has 2 N–H and O–H groups in total. The largest absolute Gasteiger partial charge is 0.481 e. The number of carbonyl (C=O) groups excluding carboxylic acids is 1. The van der Waals surface area contributed by atoms with Crippen LogP contribution >= 0.6 is 11.8 Å². The molecule has 28 heavy (non-hydrogen) atoms. The number of sulfonamides is 1. The fourth-order valence-corrected chi connectivity index (χ4v) is 6.71. The first kappa shape index (κ1) is 22.6. The molecule has 0 saturated carbocycles. The van der Waals surface area contributed by atoms with Crippen LogP contribution in [-0.2, 0) is 14.8 Å². The molecule has 1 unspecified atom stereocenters. The summed E-state index contributed by atoms with van der Waals surface area (Å²) < 4.78 is 32.6. The van der Waals surface area contributed by atoms with E-state index in [1.54, 1.807) is 36.3 Å². The zero-order chi connectivity index (χ0) is 20.8. The summed E-state index contributed by atoms with van der Waals surface area (Å²) in [5, 5.41) is 9.25. The zero-order valence-corrected chi connectivity index (χ0v) is 17.9. The maximum absolute atomic E-state index is 13.3. The number of rotatable bonds is 7. The van der Waals surface area contributed by atoms with Crippen molar-refractivity contribution in [3.05, 3.63) is 24.3 Å². The van der Waals surface area contributed by atoms with E-state index in [1.807, 2.05) is 13.8 Å². The molecule has 1 aromatic rings. The summed E-state index contributed by atoms with van der Waals surface area (Å²) in [6.45, 7) is 5.98. The zero-order valence-electron chi connectivity index (χ0n) is 16.3. The second kappa shape index (κ2) is 9.65. The second-order valence-electron chi connectivity index (χ2n) is 6.30. The Kier molecular flexibility index (Phi) is 7.78. The van der Waals surface area contributed by atoms with Crippen molar-refractivity contribution in [3.8, 4) is 17.6 Å². The van der Waals surface area contributed by atoms with Gasteiger partial charge in [0.05, 0.1) is 4.90 Å². The number of hydrogen-bond donors (Lipinski definition) is 2. The summed E-state index contributed by atoms with van der Waals surface area (Å²) in [5.41, 5.74) is 1.66. The third-order valence-electron chi connectivity index (χ3n) is 4.96. The van der Waals surface area contributed by atoms with Crippen LogP contribution in [0.5, 0.6) is 5.75 Å². The topological polar surface area (TPSA) is 95.9 Å². The number of hydrogen-bond acceptors (Lipinski definition) is 6. The van der Waals surface area contributed by atoms with Gasteiger partial charge in [0, 0.05) is 17.0 Å². The Morgan fingerprint density at radius 3 is 2.54 bits per heavy atom. The van der Waals surface area contributed by atoms with Crippen molar-refractivity contribution in [2.24, 2.45) is 0 Å². The minimum absolute atomic E-state index is 0.0742. The van der Waals surface area contributed by atoms with E-state index in [0.717, 1.165) is 0 Å². The van der Waals surface area contributed by atoms with Crippen molar-refractivity contribution in [1.82, 2.24) is 9.79 Å². The van der Waals surface area contributed by atoms with Crippen LogP contribution in [0.2, 0.25) is 0 Å². The van der Waals surface area contributed by atoms with E-state index in [2.05, 4.69) is 11.8 Å². The van der Waals surface area contributed by atoms with Crippen LogP contribution in [0, 0.1) is 11.8 Å². The van der Waals surface area contributed by atoms with Crippen molar-refractivity contribution in [2.75, 3.05) is 18.9 Å². The molecular formula is C19H26N2O5S2. The van der Waals surface area contributed by atoms with Gasteiger partial charge in [0.2, 0.25) is 10.0 Å². The van der Waals surface area contributed by atoms with E-state index >= 15 is 0 Å². The normalized spacial score (nSPS) is 19.4. The first-order valence-corrected chi connectivity index (χ1v) is 11.5. The minimum Gasteiger partial charge on any atom is -0.481 e. The van der Waals surface area contributed by atoms with Crippen LogP contribution in [0.25, 0.3) is 0 Å². The number of carbonyl (C=O) groups is 1. The number of amides is 1. The molecule has 0 aromatic heterocycles. The van der Waals surface area contributed by atoms with Gasteiger partial charge >= 0.3 is 0 Å². The molecule has 9 heteroatoms. The van der Waals surface area contributed by atoms with Crippen LogP contribution in [0.4, 0.5) is 0 Å². The standard InChI is InChI=1S/C19H26N2O5S2/c1-4-7-13-26-15-8-10-16(11-9-15)28(24,25)21-12-14-27-19(5-2,6-3)17(21)18(22)20-23/h8-11,17,23H,5-6,12-14H2,1-3H3,(H,20,22).